The van der Waals surface area contributed by atoms with Gasteiger partial charge < -0.3 is 24.1 Å². The topological polar surface area (TPSA) is 94.6 Å². The quantitative estimate of drug-likeness (QED) is 0.484. The Bertz CT molecular complexity index is 810. The standard InChI is InChI=1S/C22H24O7/c1-2-26-11-19(23)12-28-21(24)17-7-3-15(4-8-17)16-5-9-18(10-6-16)22(25)29-14-20-13-27-20/h3-10,19-20,23H,2,11-14H2,1H3. The molecule has 7 heteroatoms. The second-order valence-electron chi connectivity index (χ2n) is 6.62. The maximum atomic E-state index is 12.1. The van der Waals surface area contributed by atoms with E-state index in [1.807, 2.05) is 19.1 Å². The van der Waals surface area contributed by atoms with Crippen LogP contribution in [0.4, 0.5) is 0 Å². The Morgan fingerprint density at radius 3 is 1.97 bits per heavy atom. The first-order chi connectivity index (χ1) is 14.1. The van der Waals surface area contributed by atoms with Gasteiger partial charge in [-0.1, -0.05) is 24.3 Å². The van der Waals surface area contributed by atoms with E-state index >= 15 is 0 Å². The highest BCUT2D eigenvalue weighted by atomic mass is 16.6. The average Bonchev–Trinajstić information content (AvgIpc) is 3.59. The molecule has 2 unspecified atom stereocenters. The minimum absolute atomic E-state index is 0.0383. The monoisotopic (exact) mass is 400 g/mol. The Morgan fingerprint density at radius 1 is 0.966 bits per heavy atom. The van der Waals surface area contributed by atoms with Crippen LogP contribution in [0.25, 0.3) is 11.1 Å². The molecule has 2 aromatic carbocycles. The number of rotatable bonds is 10. The van der Waals surface area contributed by atoms with Crippen LogP contribution in [0.5, 0.6) is 0 Å². The van der Waals surface area contributed by atoms with Crippen molar-refractivity contribution in [3.8, 4) is 11.1 Å². The molecule has 0 radical (unpaired) electrons. The predicted molar refractivity (Wildman–Crippen MR) is 105 cm³/mol. The van der Waals surface area contributed by atoms with Gasteiger partial charge in [-0.25, -0.2) is 9.59 Å². The molecule has 0 amide bonds. The van der Waals surface area contributed by atoms with Crippen molar-refractivity contribution < 1.29 is 33.6 Å². The summed E-state index contributed by atoms with van der Waals surface area (Å²) in [5.74, 6) is -0.887. The Kier molecular flexibility index (Phi) is 7.35. The molecule has 0 aliphatic carbocycles. The van der Waals surface area contributed by atoms with Crippen LogP contribution < -0.4 is 0 Å². The van der Waals surface area contributed by atoms with Crippen molar-refractivity contribution in [2.45, 2.75) is 19.1 Å². The first-order valence-corrected chi connectivity index (χ1v) is 9.49. The van der Waals surface area contributed by atoms with Crippen LogP contribution in [0, 0.1) is 0 Å². The van der Waals surface area contributed by atoms with Crippen LogP contribution in [-0.4, -0.2) is 62.3 Å². The van der Waals surface area contributed by atoms with Crippen LogP contribution in [-0.2, 0) is 18.9 Å². The molecule has 2 atom stereocenters. The zero-order valence-corrected chi connectivity index (χ0v) is 16.2. The maximum Gasteiger partial charge on any atom is 0.338 e. The average molecular weight is 400 g/mol. The minimum atomic E-state index is -0.847. The van der Waals surface area contributed by atoms with Crippen molar-refractivity contribution in [2.24, 2.45) is 0 Å². The van der Waals surface area contributed by atoms with E-state index in [0.717, 1.165) is 11.1 Å². The molecule has 1 fully saturated rings. The van der Waals surface area contributed by atoms with E-state index in [2.05, 4.69) is 0 Å². The Morgan fingerprint density at radius 2 is 1.48 bits per heavy atom. The number of aliphatic hydroxyl groups excluding tert-OH is 1. The van der Waals surface area contributed by atoms with Crippen LogP contribution in [0.3, 0.4) is 0 Å². The molecule has 0 aromatic heterocycles. The number of carbonyl (C=O) groups excluding carboxylic acids is 2. The Hall–Kier alpha value is -2.74. The summed E-state index contributed by atoms with van der Waals surface area (Å²) in [7, 11) is 0. The molecule has 1 aliphatic heterocycles. The summed E-state index contributed by atoms with van der Waals surface area (Å²) >= 11 is 0. The van der Waals surface area contributed by atoms with Gasteiger partial charge in [0.2, 0.25) is 0 Å². The van der Waals surface area contributed by atoms with Crippen LogP contribution in [0.15, 0.2) is 48.5 Å². The van der Waals surface area contributed by atoms with E-state index in [9.17, 15) is 14.7 Å². The number of carbonyl (C=O) groups is 2. The fourth-order valence-electron chi connectivity index (χ4n) is 2.57. The summed E-state index contributed by atoms with van der Waals surface area (Å²) < 4.78 is 20.3. The first-order valence-electron chi connectivity index (χ1n) is 9.49. The van der Waals surface area contributed by atoms with E-state index in [1.54, 1.807) is 36.4 Å². The Labute approximate surface area is 169 Å². The highest BCUT2D eigenvalue weighted by Crippen LogP contribution is 2.21. The van der Waals surface area contributed by atoms with Crippen LogP contribution in [0.1, 0.15) is 27.6 Å². The van der Waals surface area contributed by atoms with E-state index < -0.39 is 12.1 Å². The van der Waals surface area contributed by atoms with Crippen LogP contribution >= 0.6 is 0 Å². The largest absolute Gasteiger partial charge is 0.459 e. The summed E-state index contributed by atoms with van der Waals surface area (Å²) in [5.41, 5.74) is 2.66. The second kappa shape index (κ2) is 10.2. The van der Waals surface area contributed by atoms with E-state index in [4.69, 9.17) is 18.9 Å². The molecule has 2 aromatic rings. The lowest BCUT2D eigenvalue weighted by molar-refractivity contribution is -0.00832. The SMILES string of the molecule is CCOCC(O)COC(=O)c1ccc(-c2ccc(C(=O)OCC3CO3)cc2)cc1. The van der Waals surface area contributed by atoms with Gasteiger partial charge in [0.15, 0.2) is 0 Å². The summed E-state index contributed by atoms with van der Waals surface area (Å²) in [4.78, 5) is 24.0. The zero-order chi connectivity index (χ0) is 20.6. The summed E-state index contributed by atoms with van der Waals surface area (Å²) in [6.07, 6.45) is -0.809. The summed E-state index contributed by atoms with van der Waals surface area (Å²) in [5, 5.41) is 9.65. The third kappa shape index (κ3) is 6.39. The van der Waals surface area contributed by atoms with Gasteiger partial charge in [-0.15, -0.1) is 0 Å². The minimum Gasteiger partial charge on any atom is -0.459 e. The number of benzene rings is 2. The molecular weight excluding hydrogens is 376 g/mol. The van der Waals surface area contributed by atoms with Crippen molar-refractivity contribution in [1.29, 1.82) is 0 Å². The molecule has 0 bridgehead atoms. The molecule has 1 N–H and O–H groups in total. The molecule has 7 nitrogen and oxygen atoms in total. The fourth-order valence-corrected chi connectivity index (χ4v) is 2.57. The summed E-state index contributed by atoms with van der Waals surface area (Å²) in [6.45, 7) is 3.24. The number of hydrogen-bond acceptors (Lipinski definition) is 7. The van der Waals surface area contributed by atoms with Gasteiger partial charge in [0.1, 0.15) is 25.4 Å². The van der Waals surface area contributed by atoms with Gasteiger partial charge in [-0.2, -0.15) is 0 Å². The molecule has 0 spiro atoms. The van der Waals surface area contributed by atoms with Gasteiger partial charge in [0.25, 0.3) is 0 Å². The summed E-state index contributed by atoms with van der Waals surface area (Å²) in [6, 6.07) is 14.0. The van der Waals surface area contributed by atoms with Gasteiger partial charge in [0.05, 0.1) is 24.3 Å². The first kappa shape index (κ1) is 21.0. The van der Waals surface area contributed by atoms with Crippen molar-refractivity contribution in [3.05, 3.63) is 59.7 Å². The molecule has 1 heterocycles. The van der Waals surface area contributed by atoms with Crippen molar-refractivity contribution in [1.82, 2.24) is 0 Å². The highest BCUT2D eigenvalue weighted by Gasteiger charge is 2.24. The maximum absolute atomic E-state index is 12.1. The van der Waals surface area contributed by atoms with Gasteiger partial charge in [0, 0.05) is 6.61 Å². The number of aliphatic hydroxyl groups is 1. The van der Waals surface area contributed by atoms with Crippen molar-refractivity contribution >= 4 is 11.9 Å². The third-order valence-electron chi connectivity index (χ3n) is 4.30. The molecule has 1 saturated heterocycles. The molecule has 29 heavy (non-hydrogen) atoms. The van der Waals surface area contributed by atoms with Gasteiger partial charge in [-0.05, 0) is 42.3 Å². The normalized spacial score (nSPS) is 16.1. The molecule has 3 rings (SSSR count). The Balaban J connectivity index is 1.53. The third-order valence-corrected chi connectivity index (χ3v) is 4.30. The zero-order valence-electron chi connectivity index (χ0n) is 16.2. The lowest BCUT2D eigenvalue weighted by Crippen LogP contribution is -2.23. The second-order valence-corrected chi connectivity index (χ2v) is 6.62. The van der Waals surface area contributed by atoms with Gasteiger partial charge in [-0.3, -0.25) is 0 Å². The highest BCUT2D eigenvalue weighted by molar-refractivity contribution is 5.91. The van der Waals surface area contributed by atoms with Crippen LogP contribution in [0.2, 0.25) is 0 Å². The van der Waals surface area contributed by atoms with E-state index in [0.29, 0.717) is 24.3 Å². The lowest BCUT2D eigenvalue weighted by Gasteiger charge is -2.11. The van der Waals surface area contributed by atoms with E-state index in [-0.39, 0.29) is 31.9 Å². The number of epoxide rings is 1. The van der Waals surface area contributed by atoms with Crippen molar-refractivity contribution in [3.63, 3.8) is 0 Å². The smallest absolute Gasteiger partial charge is 0.338 e. The van der Waals surface area contributed by atoms with Gasteiger partial charge >= 0.3 is 11.9 Å². The van der Waals surface area contributed by atoms with Crippen molar-refractivity contribution in [2.75, 3.05) is 33.0 Å². The molecule has 1 aliphatic rings. The number of hydrogen-bond donors (Lipinski definition) is 1. The predicted octanol–water partition coefficient (Wildman–Crippen LogP) is 2.46. The fraction of sp³-hybridized carbons (Fsp3) is 0.364. The van der Waals surface area contributed by atoms with E-state index in [1.165, 1.54) is 0 Å². The lowest BCUT2D eigenvalue weighted by atomic mass is 10.0. The molecule has 154 valence electrons. The molecule has 0 saturated carbocycles. The molecular formula is C22H24O7. The number of esters is 2. The number of ether oxygens (including phenoxy) is 4.